The minimum Gasteiger partial charge on any atom is -0.449 e. The van der Waals surface area contributed by atoms with Crippen LogP contribution in [-0.2, 0) is 33.6 Å². The number of nitrogens with two attached hydrogens (primary N) is 1. The van der Waals surface area contributed by atoms with Crippen molar-refractivity contribution in [1.29, 1.82) is 0 Å². The molecule has 0 radical (unpaired) electrons. The Morgan fingerprint density at radius 1 is 1.24 bits per heavy atom. The standard InChI is InChI=1S/C31H37F2N5O4/c1-4-5-12-40-30(39)37-10-8-19-14-21(27(32)33)13-18(23(19)16-37)6-7-20-15-24(26-25(20)41-31(2,3)42-26)38-11-9-22-28(34)35-17-36-29(22)38/h9,11,13-15,17,24-27H,4-8,10,12,16H2,1-3H3,(H2,34,35,36)/t24-,25-,26+/m1/s1. The SMILES string of the molecule is CCCCOC(=O)N1CCc2cc(C(F)F)cc(CCC3=C[C@@H](n4ccc5c(N)ncnc54)[C@@H]4OC(C)(C)O[C@H]34)c2C1. The number of ether oxygens (including phenoxy) is 3. The van der Waals surface area contributed by atoms with E-state index in [1.807, 2.05) is 37.6 Å². The number of amides is 1. The van der Waals surface area contributed by atoms with E-state index in [4.69, 9.17) is 19.9 Å². The van der Waals surface area contributed by atoms with Gasteiger partial charge >= 0.3 is 6.09 Å². The predicted octanol–water partition coefficient (Wildman–Crippen LogP) is 5.88. The van der Waals surface area contributed by atoms with E-state index in [1.165, 1.54) is 6.33 Å². The number of aryl methyl sites for hydroxylation is 1. The molecule has 3 atom stereocenters. The molecule has 11 heteroatoms. The lowest BCUT2D eigenvalue weighted by atomic mass is 9.89. The van der Waals surface area contributed by atoms with Crippen molar-refractivity contribution < 1.29 is 27.8 Å². The monoisotopic (exact) mass is 581 g/mol. The van der Waals surface area contributed by atoms with Gasteiger partial charge in [-0.2, -0.15) is 0 Å². The van der Waals surface area contributed by atoms with Gasteiger partial charge in [0.2, 0.25) is 0 Å². The first kappa shape index (κ1) is 28.5. The van der Waals surface area contributed by atoms with Gasteiger partial charge in [0.1, 0.15) is 30.0 Å². The molecule has 2 N–H and O–H groups in total. The quantitative estimate of drug-likeness (QED) is 0.262. The summed E-state index contributed by atoms with van der Waals surface area (Å²) in [5.41, 5.74) is 10.5. The summed E-state index contributed by atoms with van der Waals surface area (Å²) in [5.74, 6) is -0.370. The second-order valence-corrected chi connectivity index (χ2v) is 11.7. The Bertz CT molecular complexity index is 1520. The third-order valence-electron chi connectivity index (χ3n) is 8.45. The zero-order valence-corrected chi connectivity index (χ0v) is 24.2. The van der Waals surface area contributed by atoms with Crippen molar-refractivity contribution in [3.8, 4) is 0 Å². The Kier molecular flexibility index (Phi) is 7.65. The number of carbonyl (C=O) groups is 1. The first-order valence-electron chi connectivity index (χ1n) is 14.6. The van der Waals surface area contributed by atoms with Crippen LogP contribution in [0.25, 0.3) is 11.0 Å². The molecule has 6 rings (SSSR count). The van der Waals surface area contributed by atoms with Gasteiger partial charge in [0.05, 0.1) is 18.0 Å². The molecular weight excluding hydrogens is 544 g/mol. The molecular formula is C31H37F2N5O4. The lowest BCUT2D eigenvalue weighted by molar-refractivity contribution is -0.147. The number of nitrogens with zero attached hydrogens (tertiary/aromatic N) is 4. The molecule has 1 amide bonds. The molecule has 224 valence electrons. The van der Waals surface area contributed by atoms with Crippen molar-refractivity contribution >= 4 is 22.9 Å². The van der Waals surface area contributed by atoms with Crippen LogP contribution >= 0.6 is 0 Å². The molecule has 9 nitrogen and oxygen atoms in total. The van der Waals surface area contributed by atoms with E-state index in [0.29, 0.717) is 50.4 Å². The molecule has 0 saturated carbocycles. The third-order valence-corrected chi connectivity index (χ3v) is 8.45. The van der Waals surface area contributed by atoms with Crippen LogP contribution < -0.4 is 5.73 Å². The molecule has 2 aliphatic heterocycles. The second-order valence-electron chi connectivity index (χ2n) is 11.7. The molecule has 0 bridgehead atoms. The van der Waals surface area contributed by atoms with E-state index < -0.39 is 12.2 Å². The lowest BCUT2D eigenvalue weighted by Gasteiger charge is -2.30. The summed E-state index contributed by atoms with van der Waals surface area (Å²) < 4.78 is 48.0. The molecule has 1 fully saturated rings. The maximum atomic E-state index is 13.9. The highest BCUT2D eigenvalue weighted by Gasteiger charge is 2.50. The van der Waals surface area contributed by atoms with Crippen LogP contribution in [0.5, 0.6) is 0 Å². The molecule has 0 unspecified atom stereocenters. The van der Waals surface area contributed by atoms with E-state index in [2.05, 4.69) is 16.0 Å². The van der Waals surface area contributed by atoms with Gasteiger partial charge in [0.25, 0.3) is 6.43 Å². The highest BCUT2D eigenvalue weighted by Crippen LogP contribution is 2.45. The van der Waals surface area contributed by atoms with Crippen LogP contribution in [-0.4, -0.2) is 56.7 Å². The van der Waals surface area contributed by atoms with Gasteiger partial charge in [0.15, 0.2) is 5.79 Å². The molecule has 2 aromatic heterocycles. The number of unbranched alkanes of at least 4 members (excludes halogenated alkanes) is 1. The number of hydrogen-bond donors (Lipinski definition) is 1. The molecule has 4 heterocycles. The molecule has 0 spiro atoms. The number of fused-ring (bicyclic) bond motifs is 3. The smallest absolute Gasteiger partial charge is 0.410 e. The summed E-state index contributed by atoms with van der Waals surface area (Å²) in [6.45, 7) is 6.99. The Balaban J connectivity index is 1.28. The van der Waals surface area contributed by atoms with Crippen LogP contribution in [0.2, 0.25) is 0 Å². The maximum Gasteiger partial charge on any atom is 0.410 e. The fourth-order valence-corrected chi connectivity index (χ4v) is 6.38. The summed E-state index contributed by atoms with van der Waals surface area (Å²) in [7, 11) is 0. The molecule has 3 aliphatic rings. The van der Waals surface area contributed by atoms with E-state index in [9.17, 15) is 13.6 Å². The maximum absolute atomic E-state index is 13.9. The van der Waals surface area contributed by atoms with E-state index >= 15 is 0 Å². The van der Waals surface area contributed by atoms with Crippen molar-refractivity contribution in [2.75, 3.05) is 18.9 Å². The Labute approximate surface area is 243 Å². The zero-order chi connectivity index (χ0) is 29.6. The van der Waals surface area contributed by atoms with E-state index in [-0.39, 0.29) is 29.9 Å². The minimum atomic E-state index is -2.57. The van der Waals surface area contributed by atoms with Gasteiger partial charge in [-0.25, -0.2) is 23.5 Å². The predicted molar refractivity (Wildman–Crippen MR) is 153 cm³/mol. The number of hydrogen-bond acceptors (Lipinski definition) is 7. The average molecular weight is 582 g/mol. The van der Waals surface area contributed by atoms with Crippen LogP contribution in [0.15, 0.2) is 42.4 Å². The van der Waals surface area contributed by atoms with Gasteiger partial charge in [0, 0.05) is 24.8 Å². The molecule has 1 aliphatic carbocycles. The summed E-state index contributed by atoms with van der Waals surface area (Å²) >= 11 is 0. The van der Waals surface area contributed by atoms with Crippen molar-refractivity contribution in [2.45, 2.75) is 89.9 Å². The van der Waals surface area contributed by atoms with Gasteiger partial charge in [-0.05, 0) is 80.0 Å². The molecule has 42 heavy (non-hydrogen) atoms. The average Bonchev–Trinajstić information content (AvgIpc) is 3.62. The second kappa shape index (κ2) is 11.3. The number of nitrogen functional groups attached to an aromatic ring is 1. The first-order chi connectivity index (χ1) is 20.1. The van der Waals surface area contributed by atoms with Crippen LogP contribution in [0.1, 0.15) is 74.8 Å². The lowest BCUT2D eigenvalue weighted by Crippen LogP contribution is -2.37. The van der Waals surface area contributed by atoms with Crippen molar-refractivity contribution in [2.24, 2.45) is 0 Å². The fourth-order valence-electron chi connectivity index (χ4n) is 6.38. The molecule has 3 aromatic rings. The number of anilines is 1. The van der Waals surface area contributed by atoms with Crippen LogP contribution in [0.3, 0.4) is 0 Å². The topological polar surface area (TPSA) is 105 Å². The van der Waals surface area contributed by atoms with Crippen molar-refractivity contribution in [1.82, 2.24) is 19.4 Å². The molecule has 1 saturated heterocycles. The van der Waals surface area contributed by atoms with Crippen LogP contribution in [0, 0.1) is 0 Å². The van der Waals surface area contributed by atoms with Gasteiger partial charge < -0.3 is 29.4 Å². The van der Waals surface area contributed by atoms with Gasteiger partial charge in [-0.3, -0.25) is 0 Å². The van der Waals surface area contributed by atoms with Crippen molar-refractivity contribution in [3.63, 3.8) is 0 Å². The van der Waals surface area contributed by atoms with E-state index in [1.54, 1.807) is 17.0 Å². The Hall–Kier alpha value is -3.57. The third kappa shape index (κ3) is 5.35. The van der Waals surface area contributed by atoms with Gasteiger partial charge in [-0.1, -0.05) is 19.4 Å². The first-order valence-corrected chi connectivity index (χ1v) is 14.6. The highest BCUT2D eigenvalue weighted by molar-refractivity contribution is 5.86. The number of carbonyl (C=O) groups excluding carboxylic acids is 1. The zero-order valence-electron chi connectivity index (χ0n) is 24.2. The number of aromatic nitrogens is 3. The summed E-state index contributed by atoms with van der Waals surface area (Å²) in [5, 5.41) is 0.766. The summed E-state index contributed by atoms with van der Waals surface area (Å²) in [6, 6.07) is 4.89. The fraction of sp³-hybridized carbons (Fsp3) is 0.516. The number of halogens is 2. The molecule has 1 aromatic carbocycles. The number of alkyl halides is 2. The number of rotatable bonds is 8. The van der Waals surface area contributed by atoms with Crippen LogP contribution in [0.4, 0.5) is 19.4 Å². The normalized spacial score (nSPS) is 22.9. The minimum absolute atomic E-state index is 0.0107. The van der Waals surface area contributed by atoms with Gasteiger partial charge in [-0.15, -0.1) is 0 Å². The Morgan fingerprint density at radius 3 is 2.86 bits per heavy atom. The summed E-state index contributed by atoms with van der Waals surface area (Å²) in [6.07, 6.45) is 5.38. The van der Waals surface area contributed by atoms with E-state index in [0.717, 1.165) is 40.5 Å². The Morgan fingerprint density at radius 2 is 2.07 bits per heavy atom. The summed E-state index contributed by atoms with van der Waals surface area (Å²) in [4.78, 5) is 22.9. The number of benzene rings is 1. The largest absolute Gasteiger partial charge is 0.449 e. The van der Waals surface area contributed by atoms with Crippen molar-refractivity contribution in [3.05, 3.63) is 64.6 Å². The highest BCUT2D eigenvalue weighted by atomic mass is 19.3.